The zero-order valence-electron chi connectivity index (χ0n) is 12.9. The number of hydrogen-bond acceptors (Lipinski definition) is 3. The summed E-state index contributed by atoms with van der Waals surface area (Å²) in [5, 5.41) is 6.03. The highest BCUT2D eigenvalue weighted by Gasteiger charge is 2.29. The van der Waals surface area contributed by atoms with Crippen molar-refractivity contribution in [2.75, 3.05) is 6.54 Å². The van der Waals surface area contributed by atoms with E-state index in [0.29, 0.717) is 12.0 Å². The molecule has 3 heteroatoms. The van der Waals surface area contributed by atoms with Crippen molar-refractivity contribution < 1.29 is 0 Å². The maximum atomic E-state index is 4.51. The minimum Gasteiger partial charge on any atom is -0.309 e. The van der Waals surface area contributed by atoms with E-state index in [2.05, 4.69) is 53.9 Å². The van der Waals surface area contributed by atoms with Crippen LogP contribution in [0.4, 0.5) is 0 Å². The lowest BCUT2D eigenvalue weighted by molar-refractivity contribution is 0.403. The number of thiophene rings is 1. The van der Waals surface area contributed by atoms with Crippen LogP contribution in [0.25, 0.3) is 0 Å². The Morgan fingerprint density at radius 1 is 1.38 bits per heavy atom. The lowest BCUT2D eigenvalue weighted by Gasteiger charge is -2.32. The van der Waals surface area contributed by atoms with Crippen molar-refractivity contribution in [3.63, 3.8) is 0 Å². The standard InChI is InChI=1S/C18H24N2S/c1-3-10-19-18(14-8-7-13(2)20-12-14)16-5-4-6-17-15(16)9-11-21-17/h7-9,11-12,16,18-19H,3-6,10H2,1-2H3. The Kier molecular flexibility index (Phi) is 4.71. The van der Waals surface area contributed by atoms with Gasteiger partial charge in [0.1, 0.15) is 0 Å². The third-order valence-corrected chi connectivity index (χ3v) is 5.40. The highest BCUT2D eigenvalue weighted by molar-refractivity contribution is 7.10. The van der Waals surface area contributed by atoms with Gasteiger partial charge in [-0.05, 0) is 67.8 Å². The van der Waals surface area contributed by atoms with Crippen molar-refractivity contribution in [1.82, 2.24) is 10.3 Å². The second-order valence-electron chi connectivity index (χ2n) is 5.96. The van der Waals surface area contributed by atoms with Crippen LogP contribution in [-0.2, 0) is 6.42 Å². The fourth-order valence-corrected chi connectivity index (χ4v) is 4.32. The summed E-state index contributed by atoms with van der Waals surface area (Å²) in [7, 11) is 0. The molecule has 2 unspecified atom stereocenters. The van der Waals surface area contributed by atoms with Gasteiger partial charge in [-0.15, -0.1) is 11.3 Å². The third kappa shape index (κ3) is 3.19. The highest BCUT2D eigenvalue weighted by atomic mass is 32.1. The van der Waals surface area contributed by atoms with Gasteiger partial charge in [0.2, 0.25) is 0 Å². The first-order valence-electron chi connectivity index (χ1n) is 8.01. The predicted molar refractivity (Wildman–Crippen MR) is 90.0 cm³/mol. The van der Waals surface area contributed by atoms with Crippen LogP contribution in [0.3, 0.4) is 0 Å². The van der Waals surface area contributed by atoms with E-state index in [1.165, 1.54) is 31.2 Å². The molecule has 0 saturated heterocycles. The lowest BCUT2D eigenvalue weighted by atomic mass is 9.80. The summed E-state index contributed by atoms with van der Waals surface area (Å²) in [6.45, 7) is 5.35. The zero-order valence-corrected chi connectivity index (χ0v) is 13.7. The van der Waals surface area contributed by atoms with Crippen molar-refractivity contribution in [1.29, 1.82) is 0 Å². The van der Waals surface area contributed by atoms with Crippen LogP contribution in [0, 0.1) is 6.92 Å². The summed E-state index contributed by atoms with van der Waals surface area (Å²) in [4.78, 5) is 6.10. The molecule has 1 aliphatic rings. The van der Waals surface area contributed by atoms with E-state index in [9.17, 15) is 0 Å². The number of fused-ring (bicyclic) bond motifs is 1. The van der Waals surface area contributed by atoms with Gasteiger partial charge in [-0.2, -0.15) is 0 Å². The Labute approximate surface area is 131 Å². The normalized spacial score (nSPS) is 19.2. The number of aryl methyl sites for hydroxylation is 2. The van der Waals surface area contributed by atoms with E-state index in [4.69, 9.17) is 0 Å². The molecule has 0 aliphatic heterocycles. The highest BCUT2D eigenvalue weighted by Crippen LogP contribution is 2.42. The quantitative estimate of drug-likeness (QED) is 0.872. The fraction of sp³-hybridized carbons (Fsp3) is 0.500. The smallest absolute Gasteiger partial charge is 0.0405 e. The average molecular weight is 300 g/mol. The molecule has 21 heavy (non-hydrogen) atoms. The monoisotopic (exact) mass is 300 g/mol. The topological polar surface area (TPSA) is 24.9 Å². The van der Waals surface area contributed by atoms with Gasteiger partial charge in [-0.25, -0.2) is 0 Å². The van der Waals surface area contributed by atoms with Gasteiger partial charge >= 0.3 is 0 Å². The van der Waals surface area contributed by atoms with E-state index in [0.717, 1.165) is 12.2 Å². The maximum Gasteiger partial charge on any atom is 0.0405 e. The molecule has 112 valence electrons. The van der Waals surface area contributed by atoms with Gasteiger partial charge in [0.15, 0.2) is 0 Å². The van der Waals surface area contributed by atoms with E-state index >= 15 is 0 Å². The molecule has 0 aromatic carbocycles. The molecule has 2 nitrogen and oxygen atoms in total. The molecule has 1 N–H and O–H groups in total. The third-order valence-electron chi connectivity index (χ3n) is 4.41. The SMILES string of the molecule is CCCNC(c1ccc(C)nc1)C1CCCc2sccc21. The summed E-state index contributed by atoms with van der Waals surface area (Å²) in [6.07, 6.45) is 7.07. The molecule has 0 spiro atoms. The van der Waals surface area contributed by atoms with Crippen LogP contribution in [0.1, 0.15) is 59.8 Å². The van der Waals surface area contributed by atoms with E-state index in [1.807, 2.05) is 11.3 Å². The number of nitrogens with zero attached hydrogens (tertiary/aromatic N) is 1. The Balaban J connectivity index is 1.91. The van der Waals surface area contributed by atoms with Gasteiger partial charge in [-0.1, -0.05) is 13.0 Å². The predicted octanol–water partition coefficient (Wildman–Crippen LogP) is 4.61. The molecule has 3 rings (SSSR count). The number of pyridine rings is 1. The Morgan fingerprint density at radius 3 is 3.05 bits per heavy atom. The number of rotatable bonds is 5. The van der Waals surface area contributed by atoms with Crippen LogP contribution in [-0.4, -0.2) is 11.5 Å². The molecule has 0 fully saturated rings. The molecule has 2 heterocycles. The molecular weight excluding hydrogens is 276 g/mol. The van der Waals surface area contributed by atoms with Gasteiger partial charge < -0.3 is 5.32 Å². The Morgan fingerprint density at radius 2 is 2.29 bits per heavy atom. The van der Waals surface area contributed by atoms with Crippen molar-refractivity contribution >= 4 is 11.3 Å². The summed E-state index contributed by atoms with van der Waals surface area (Å²) in [6, 6.07) is 7.11. The molecular formula is C18H24N2S. The van der Waals surface area contributed by atoms with E-state index in [-0.39, 0.29) is 0 Å². The molecule has 0 bridgehead atoms. The van der Waals surface area contributed by atoms with Crippen LogP contribution >= 0.6 is 11.3 Å². The second-order valence-corrected chi connectivity index (χ2v) is 6.96. The first-order valence-corrected chi connectivity index (χ1v) is 8.89. The van der Waals surface area contributed by atoms with E-state index in [1.54, 1.807) is 10.4 Å². The molecule has 2 atom stereocenters. The first-order chi connectivity index (χ1) is 10.3. The molecule has 2 aromatic rings. The van der Waals surface area contributed by atoms with Crippen LogP contribution < -0.4 is 5.32 Å². The summed E-state index contributed by atoms with van der Waals surface area (Å²) >= 11 is 1.92. The maximum absolute atomic E-state index is 4.51. The molecule has 1 aliphatic carbocycles. The van der Waals surface area contributed by atoms with Gasteiger partial charge in [0, 0.05) is 28.7 Å². The minimum atomic E-state index is 0.395. The van der Waals surface area contributed by atoms with Crippen molar-refractivity contribution in [3.05, 3.63) is 51.5 Å². The Bertz CT molecular complexity index is 573. The van der Waals surface area contributed by atoms with Gasteiger partial charge in [-0.3, -0.25) is 4.98 Å². The fourth-order valence-electron chi connectivity index (χ4n) is 3.32. The number of aromatic nitrogens is 1. The van der Waals surface area contributed by atoms with Gasteiger partial charge in [0.05, 0.1) is 0 Å². The lowest BCUT2D eigenvalue weighted by Crippen LogP contribution is -2.29. The van der Waals surface area contributed by atoms with Gasteiger partial charge in [0.25, 0.3) is 0 Å². The van der Waals surface area contributed by atoms with Crippen molar-refractivity contribution in [2.45, 2.75) is 51.5 Å². The first kappa shape index (κ1) is 14.7. The summed E-state index contributed by atoms with van der Waals surface area (Å²) in [5.74, 6) is 0.594. The van der Waals surface area contributed by atoms with Crippen LogP contribution in [0.2, 0.25) is 0 Å². The molecule has 0 radical (unpaired) electrons. The molecule has 0 amide bonds. The van der Waals surface area contributed by atoms with E-state index < -0.39 is 0 Å². The summed E-state index contributed by atoms with van der Waals surface area (Å²) < 4.78 is 0. The molecule has 0 saturated carbocycles. The largest absolute Gasteiger partial charge is 0.309 e. The van der Waals surface area contributed by atoms with Crippen molar-refractivity contribution in [2.24, 2.45) is 0 Å². The number of hydrogen-bond donors (Lipinski definition) is 1. The molecule has 2 aromatic heterocycles. The minimum absolute atomic E-state index is 0.395. The van der Waals surface area contributed by atoms with Crippen LogP contribution in [0.15, 0.2) is 29.8 Å². The second kappa shape index (κ2) is 6.71. The van der Waals surface area contributed by atoms with Crippen LogP contribution in [0.5, 0.6) is 0 Å². The average Bonchev–Trinajstić information content (AvgIpc) is 2.98. The zero-order chi connectivity index (χ0) is 14.7. The number of nitrogens with one attached hydrogen (secondary N) is 1. The Hall–Kier alpha value is -1.19. The summed E-state index contributed by atoms with van der Waals surface area (Å²) in [5.41, 5.74) is 3.99. The van der Waals surface area contributed by atoms with Crippen molar-refractivity contribution in [3.8, 4) is 0 Å².